The van der Waals surface area contributed by atoms with Crippen LogP contribution < -0.4 is 26.6 Å². The van der Waals surface area contributed by atoms with Crippen LogP contribution in [0.4, 0.5) is 0 Å². The summed E-state index contributed by atoms with van der Waals surface area (Å²) in [4.78, 5) is 132. The standard InChI is InChI=1S/C47H82N8O22/c56-37(34-53(16-29-73-23-11-48-38(57)3-7-43(62)63)17-30-74-24-12-49-39(58)4-8-44(64)65)2-1-22-72-28-20-55(36-47(70)71)21-33-77-27-15-52-42(61)35-54(18-31-75-25-13-50-40(59)5-9-45(66)67)19-32-76-26-14-51-41(60)6-10-46(68)69/h1-36H2,(H,48,57)(H,49,58)(H,50,59)(H,51,60)(H,52,61)(H,62,63)(H,64,65)(H,66,67)(H,68,69)(H,70,71). The maximum absolute atomic E-state index is 12.9. The number of ketones is 1. The topological polar surface area (TPSA) is 414 Å². The van der Waals surface area contributed by atoms with Crippen molar-refractivity contribution in [1.29, 1.82) is 0 Å². The maximum Gasteiger partial charge on any atom is 0.317 e. The molecule has 0 aliphatic rings. The van der Waals surface area contributed by atoms with Crippen LogP contribution in [0.1, 0.15) is 64.2 Å². The Balaban J connectivity index is 4.78. The zero-order chi connectivity index (χ0) is 57.3. The van der Waals surface area contributed by atoms with Gasteiger partial charge in [0.15, 0.2) is 0 Å². The normalized spacial score (nSPS) is 11.1. The molecule has 0 fully saturated rings. The molecule has 0 aromatic rings. The van der Waals surface area contributed by atoms with Gasteiger partial charge in [0.25, 0.3) is 0 Å². The average molecular weight is 1110 g/mol. The van der Waals surface area contributed by atoms with Crippen LogP contribution in [0.2, 0.25) is 0 Å². The summed E-state index contributed by atoms with van der Waals surface area (Å²) in [6.07, 6.45) is -1.18. The Morgan fingerprint density at radius 1 is 0.273 bits per heavy atom. The monoisotopic (exact) mass is 1110 g/mol. The lowest BCUT2D eigenvalue weighted by Crippen LogP contribution is -2.42. The highest BCUT2D eigenvalue weighted by atomic mass is 16.5. The van der Waals surface area contributed by atoms with Gasteiger partial charge in [-0.3, -0.25) is 67.4 Å². The molecule has 30 heteroatoms. The molecule has 0 radical (unpaired) electrons. The van der Waals surface area contributed by atoms with Gasteiger partial charge in [-0.1, -0.05) is 0 Å². The van der Waals surface area contributed by atoms with Crippen LogP contribution in [0.5, 0.6) is 0 Å². The van der Waals surface area contributed by atoms with Crippen molar-refractivity contribution < 1.29 is 107 Å². The van der Waals surface area contributed by atoms with E-state index in [0.717, 1.165) is 0 Å². The number of ether oxygens (including phenoxy) is 6. The smallest absolute Gasteiger partial charge is 0.317 e. The summed E-state index contributed by atoms with van der Waals surface area (Å²) in [6, 6.07) is 0. The Hall–Kier alpha value is -5.99. The quantitative estimate of drug-likeness (QED) is 0.0264. The van der Waals surface area contributed by atoms with Gasteiger partial charge in [0, 0.05) is 111 Å². The molecule has 442 valence electrons. The number of nitrogens with one attached hydrogen (secondary N) is 5. The summed E-state index contributed by atoms with van der Waals surface area (Å²) in [5, 5.41) is 57.3. The molecule has 30 nitrogen and oxygen atoms in total. The molecule has 0 rings (SSSR count). The molecule has 77 heavy (non-hydrogen) atoms. The average Bonchev–Trinajstić information content (AvgIpc) is 3.36. The highest BCUT2D eigenvalue weighted by molar-refractivity contribution is 5.82. The van der Waals surface area contributed by atoms with E-state index in [0.29, 0.717) is 32.6 Å². The van der Waals surface area contributed by atoms with Crippen molar-refractivity contribution >= 4 is 65.2 Å². The first-order valence-electron chi connectivity index (χ1n) is 25.4. The van der Waals surface area contributed by atoms with E-state index in [2.05, 4.69) is 26.6 Å². The molecule has 0 atom stereocenters. The number of carboxylic acids is 5. The van der Waals surface area contributed by atoms with Gasteiger partial charge in [-0.2, -0.15) is 0 Å². The number of hydrogen-bond donors (Lipinski definition) is 10. The summed E-state index contributed by atoms with van der Waals surface area (Å²) < 4.78 is 33.6. The first-order valence-corrected chi connectivity index (χ1v) is 25.4. The van der Waals surface area contributed by atoms with Gasteiger partial charge in [0.2, 0.25) is 29.5 Å². The maximum atomic E-state index is 12.9. The Labute approximate surface area is 447 Å². The minimum absolute atomic E-state index is 0.0361. The van der Waals surface area contributed by atoms with E-state index >= 15 is 0 Å². The highest BCUT2D eigenvalue weighted by Gasteiger charge is 2.15. The second-order valence-electron chi connectivity index (χ2n) is 16.9. The fourth-order valence-corrected chi connectivity index (χ4v) is 6.28. The van der Waals surface area contributed by atoms with Gasteiger partial charge >= 0.3 is 29.8 Å². The van der Waals surface area contributed by atoms with Crippen LogP contribution in [-0.2, 0) is 81.2 Å². The number of hydrogen-bond acceptors (Lipinski definition) is 20. The van der Waals surface area contributed by atoms with E-state index in [9.17, 15) is 57.8 Å². The van der Waals surface area contributed by atoms with Crippen LogP contribution in [-0.4, -0.2) is 276 Å². The van der Waals surface area contributed by atoms with E-state index in [4.69, 9.17) is 48.8 Å². The Bertz CT molecular complexity index is 1550. The van der Waals surface area contributed by atoms with E-state index in [1.807, 2.05) is 4.90 Å². The van der Waals surface area contributed by atoms with Gasteiger partial charge in [-0.15, -0.1) is 0 Å². The fraction of sp³-hybridized carbons (Fsp3) is 0.766. The Kier molecular flexibility index (Phi) is 44.6. The van der Waals surface area contributed by atoms with Crippen LogP contribution in [0.15, 0.2) is 0 Å². The van der Waals surface area contributed by atoms with Crippen molar-refractivity contribution in [1.82, 2.24) is 41.3 Å². The molecular weight excluding hydrogens is 1030 g/mol. The fourth-order valence-electron chi connectivity index (χ4n) is 6.28. The molecule has 10 N–H and O–H groups in total. The summed E-state index contributed by atoms with van der Waals surface area (Å²) in [5.74, 6) is -7.46. The molecule has 0 heterocycles. The predicted molar refractivity (Wildman–Crippen MR) is 269 cm³/mol. The molecule has 0 bridgehead atoms. The van der Waals surface area contributed by atoms with Crippen molar-refractivity contribution in [3.05, 3.63) is 0 Å². The van der Waals surface area contributed by atoms with Crippen LogP contribution in [0.25, 0.3) is 0 Å². The molecule has 0 aliphatic carbocycles. The number of Topliss-reactive ketones (excluding diaryl/α,β-unsaturated/α-hetero) is 1. The van der Waals surface area contributed by atoms with Crippen LogP contribution >= 0.6 is 0 Å². The third-order valence-corrected chi connectivity index (χ3v) is 10.3. The molecule has 0 saturated carbocycles. The SMILES string of the molecule is O=C(O)CCC(=O)NCCOCCN(CCOCCNC(=O)CCC(=O)O)CC(=O)CCCOCCN(CCOCCNC(=O)CN(CCOCCNC(=O)CCC(=O)O)CCOCCNC(=O)CCC(=O)O)CC(=O)O. The van der Waals surface area contributed by atoms with E-state index in [1.165, 1.54) is 0 Å². The number of carbonyl (C=O) groups excluding carboxylic acids is 6. The number of rotatable bonds is 55. The predicted octanol–water partition coefficient (Wildman–Crippen LogP) is -3.53. The summed E-state index contributed by atoms with van der Waals surface area (Å²) >= 11 is 0. The summed E-state index contributed by atoms with van der Waals surface area (Å²) in [7, 11) is 0. The van der Waals surface area contributed by atoms with Gasteiger partial charge in [0.05, 0.1) is 118 Å². The van der Waals surface area contributed by atoms with Gasteiger partial charge in [-0.05, 0) is 6.42 Å². The van der Waals surface area contributed by atoms with Gasteiger partial charge in [0.1, 0.15) is 5.78 Å². The third kappa shape index (κ3) is 50.6. The highest BCUT2D eigenvalue weighted by Crippen LogP contribution is 2.00. The summed E-state index contributed by atoms with van der Waals surface area (Å²) in [5.41, 5.74) is 0. The van der Waals surface area contributed by atoms with Crippen molar-refractivity contribution in [2.45, 2.75) is 64.2 Å². The Morgan fingerprint density at radius 2 is 0.532 bits per heavy atom. The number of carbonyl (C=O) groups is 11. The molecule has 0 aromatic heterocycles. The second kappa shape index (κ2) is 48.4. The van der Waals surface area contributed by atoms with E-state index in [-0.39, 0.29) is 214 Å². The third-order valence-electron chi connectivity index (χ3n) is 10.3. The number of amides is 5. The lowest BCUT2D eigenvalue weighted by atomic mass is 10.2. The number of carboxylic acid groups (broad SMARTS) is 5. The largest absolute Gasteiger partial charge is 0.481 e. The summed E-state index contributed by atoms with van der Waals surface area (Å²) in [6.45, 7) is 4.53. The van der Waals surface area contributed by atoms with E-state index < -0.39 is 53.5 Å². The van der Waals surface area contributed by atoms with Crippen molar-refractivity contribution in [2.24, 2.45) is 0 Å². The van der Waals surface area contributed by atoms with Crippen molar-refractivity contribution in [2.75, 3.05) is 171 Å². The number of aliphatic carboxylic acids is 5. The lowest BCUT2D eigenvalue weighted by molar-refractivity contribution is -0.139. The minimum Gasteiger partial charge on any atom is -0.481 e. The molecule has 0 unspecified atom stereocenters. The second-order valence-corrected chi connectivity index (χ2v) is 16.9. The first-order chi connectivity index (χ1) is 36.9. The zero-order valence-corrected chi connectivity index (χ0v) is 44.0. The van der Waals surface area contributed by atoms with Crippen LogP contribution in [0, 0.1) is 0 Å². The number of nitrogens with zero attached hydrogens (tertiary/aromatic N) is 3. The molecule has 0 spiro atoms. The van der Waals surface area contributed by atoms with Crippen molar-refractivity contribution in [3.63, 3.8) is 0 Å². The zero-order valence-electron chi connectivity index (χ0n) is 44.0. The minimum atomic E-state index is -1.08. The van der Waals surface area contributed by atoms with Gasteiger partial charge in [-0.25, -0.2) is 0 Å². The Morgan fingerprint density at radius 3 is 0.818 bits per heavy atom. The van der Waals surface area contributed by atoms with E-state index in [1.54, 1.807) is 9.80 Å². The van der Waals surface area contributed by atoms with Crippen molar-refractivity contribution in [3.8, 4) is 0 Å². The molecular formula is C47H82N8O22. The molecule has 0 saturated heterocycles. The lowest BCUT2D eigenvalue weighted by Gasteiger charge is -2.22. The van der Waals surface area contributed by atoms with Gasteiger partial charge < -0.3 is 80.5 Å². The molecule has 0 aliphatic heterocycles. The first kappa shape index (κ1) is 71.0. The molecule has 0 aromatic carbocycles. The van der Waals surface area contributed by atoms with Crippen LogP contribution in [0.3, 0.4) is 0 Å². The molecule has 5 amide bonds.